The zero-order valence-corrected chi connectivity index (χ0v) is 40.3. The second-order valence-electron chi connectivity index (χ2n) is 22.7. The molecule has 0 bridgehead atoms. The summed E-state index contributed by atoms with van der Waals surface area (Å²) < 4.78 is 7.41. The topological polar surface area (TPSA) is 180 Å². The van der Waals surface area contributed by atoms with Crippen LogP contribution in [0.25, 0.3) is 0 Å². The van der Waals surface area contributed by atoms with Gasteiger partial charge in [0.25, 0.3) is 5.91 Å². The first-order valence-corrected chi connectivity index (χ1v) is 24.8. The molecular weight excluding hydrogens is 833 g/mol. The minimum atomic E-state index is -1.15. The van der Waals surface area contributed by atoms with Gasteiger partial charge in [-0.2, -0.15) is 0 Å². The highest BCUT2D eigenvalue weighted by Gasteiger charge is 2.72. The average Bonchev–Trinajstić information content (AvgIpc) is 3.93. The number of hydrogen-bond acceptors (Lipinski definition) is 7. The molecule has 5 fully saturated rings. The summed E-state index contributed by atoms with van der Waals surface area (Å²) >= 11 is 0. The van der Waals surface area contributed by atoms with Crippen LogP contribution in [-0.4, -0.2) is 67.9 Å². The molecule has 0 aliphatic heterocycles. The molecule has 10 atom stereocenters. The lowest BCUT2D eigenvalue weighted by Gasteiger charge is -2.73. The van der Waals surface area contributed by atoms with Crippen molar-refractivity contribution < 1.29 is 39.2 Å². The van der Waals surface area contributed by atoms with Gasteiger partial charge in [-0.1, -0.05) is 66.7 Å². The number of benzene rings is 2. The number of carboxylic acid groups (broad SMARTS) is 2. The molecule has 5 N–H and O–H groups in total. The van der Waals surface area contributed by atoms with E-state index in [0.717, 1.165) is 44.1 Å². The lowest BCUT2D eigenvalue weighted by molar-refractivity contribution is -0.248. The van der Waals surface area contributed by atoms with E-state index in [2.05, 4.69) is 64.1 Å². The van der Waals surface area contributed by atoms with Crippen molar-refractivity contribution in [1.82, 2.24) is 20.2 Å². The van der Waals surface area contributed by atoms with Gasteiger partial charge in [0, 0.05) is 31.4 Å². The summed E-state index contributed by atoms with van der Waals surface area (Å²) in [5, 5.41) is 36.5. The number of aliphatic hydroxyl groups is 1. The van der Waals surface area contributed by atoms with Crippen molar-refractivity contribution in [2.75, 3.05) is 13.2 Å². The third kappa shape index (κ3) is 8.25. The Morgan fingerprint density at radius 3 is 2.35 bits per heavy atom. The number of aryl methyl sites for hydroxylation is 1. The molecule has 12 heteroatoms. The molecule has 2 amide bonds. The smallest absolute Gasteiger partial charge is 0.356 e. The number of amides is 2. The number of rotatable bonds is 15. The summed E-state index contributed by atoms with van der Waals surface area (Å²) in [5.41, 5.74) is 2.15. The molecule has 66 heavy (non-hydrogen) atoms. The summed E-state index contributed by atoms with van der Waals surface area (Å²) in [6, 6.07) is 12.3. The quantitative estimate of drug-likeness (QED) is 0.0929. The Bertz CT molecular complexity index is 2320. The number of aromatic nitrogens is 2. The van der Waals surface area contributed by atoms with Crippen LogP contribution in [0.3, 0.4) is 0 Å². The van der Waals surface area contributed by atoms with E-state index < -0.39 is 11.9 Å². The number of carboxylic acids is 2. The molecule has 12 nitrogen and oxygen atoms in total. The SMILES string of the molecule is CC(C)C1CCC2(C(=O)NCCc3cccc(C(=O)NCc4ccc(OCCCn5cnc(C(=O)O)c5)c(C(=O)O)c4)c3)CCC3(C)C(CCC4C5(C)CCC(O)C(C)(C)C5CCC43C)C12. The Labute approximate surface area is 391 Å². The van der Waals surface area contributed by atoms with Crippen LogP contribution in [0.4, 0.5) is 0 Å². The number of hydrogen-bond donors (Lipinski definition) is 5. The maximum atomic E-state index is 14.8. The van der Waals surface area contributed by atoms with Crippen LogP contribution < -0.4 is 15.4 Å². The van der Waals surface area contributed by atoms with Gasteiger partial charge < -0.3 is 35.3 Å². The number of nitrogens with one attached hydrogen (secondary N) is 2. The first kappa shape index (κ1) is 47.8. The maximum absolute atomic E-state index is 14.8. The molecule has 2 aromatic carbocycles. The third-order valence-electron chi connectivity index (χ3n) is 19.1. The number of aromatic carboxylic acids is 2. The predicted molar refractivity (Wildman–Crippen MR) is 252 cm³/mol. The van der Waals surface area contributed by atoms with Gasteiger partial charge in [-0.15, -0.1) is 0 Å². The van der Waals surface area contributed by atoms with Crippen molar-refractivity contribution in [2.45, 2.75) is 145 Å². The van der Waals surface area contributed by atoms with E-state index >= 15 is 0 Å². The maximum Gasteiger partial charge on any atom is 0.356 e. The molecule has 5 saturated carbocycles. The Hall–Kier alpha value is -4.71. The van der Waals surface area contributed by atoms with Gasteiger partial charge >= 0.3 is 11.9 Å². The number of imidazole rings is 1. The second kappa shape index (κ2) is 18.1. The standard InChI is InChI=1S/C54H74N4O8/c1-33(2)37-16-22-54(24-23-52(6)39(45(37)54)13-15-43-51(5)20-18-44(59)50(3,4)42(51)17-21-53(43,52)7)49(65)55-25-19-34-10-8-11-36(28-34)46(60)56-30-35-12-14-41(38(29-35)47(61)62)66-27-9-26-58-31-40(48(63)64)57-32-58/h8,10-12,14,28-29,31-33,37,39,42-45,59H,9,13,15-27,30H2,1-7H3,(H,55,65)(H,56,60)(H,61,62)(H,63,64). The fourth-order valence-electron chi connectivity index (χ4n) is 15.4. The van der Waals surface area contributed by atoms with E-state index in [0.29, 0.717) is 72.6 Å². The molecule has 8 rings (SSSR count). The average molecular weight is 907 g/mol. The monoisotopic (exact) mass is 907 g/mol. The van der Waals surface area contributed by atoms with Crippen LogP contribution in [0.1, 0.15) is 161 Å². The van der Waals surface area contributed by atoms with Crippen LogP contribution in [0.5, 0.6) is 5.75 Å². The number of aliphatic hydroxyl groups excluding tert-OH is 1. The molecule has 1 aromatic heterocycles. The highest BCUT2D eigenvalue weighted by Crippen LogP contribution is 2.77. The van der Waals surface area contributed by atoms with Crippen LogP contribution >= 0.6 is 0 Å². The minimum Gasteiger partial charge on any atom is -0.493 e. The van der Waals surface area contributed by atoms with E-state index in [1.165, 1.54) is 44.3 Å². The number of carbonyl (C=O) groups is 4. The number of nitrogens with zero attached hydrogens (tertiary/aromatic N) is 2. The normalized spacial score (nSPS) is 33.2. The van der Waals surface area contributed by atoms with E-state index in [1.54, 1.807) is 22.8 Å². The lowest BCUT2D eigenvalue weighted by atomic mass is 9.32. The Morgan fingerprint density at radius 1 is 0.833 bits per heavy atom. The van der Waals surface area contributed by atoms with Crippen molar-refractivity contribution >= 4 is 23.8 Å². The molecule has 1 heterocycles. The first-order valence-electron chi connectivity index (χ1n) is 24.8. The molecule has 10 unspecified atom stereocenters. The van der Waals surface area contributed by atoms with Crippen molar-refractivity contribution in [3.05, 3.63) is 82.9 Å². The van der Waals surface area contributed by atoms with Crippen LogP contribution in [-0.2, 0) is 24.3 Å². The van der Waals surface area contributed by atoms with E-state index in [1.807, 2.05) is 18.2 Å². The van der Waals surface area contributed by atoms with Gasteiger partial charge in [-0.25, -0.2) is 14.6 Å². The van der Waals surface area contributed by atoms with Crippen LogP contribution in [0.2, 0.25) is 0 Å². The Morgan fingerprint density at radius 2 is 1.62 bits per heavy atom. The highest BCUT2D eigenvalue weighted by molar-refractivity contribution is 5.94. The van der Waals surface area contributed by atoms with E-state index in [-0.39, 0.29) is 75.2 Å². The van der Waals surface area contributed by atoms with Crippen LogP contribution in [0, 0.1) is 62.6 Å². The molecule has 358 valence electrons. The van der Waals surface area contributed by atoms with Gasteiger partial charge in [0.1, 0.15) is 11.3 Å². The zero-order valence-electron chi connectivity index (χ0n) is 40.3. The molecule has 0 spiro atoms. The van der Waals surface area contributed by atoms with Crippen LogP contribution in [0.15, 0.2) is 55.0 Å². The molecule has 0 saturated heterocycles. The highest BCUT2D eigenvalue weighted by atomic mass is 16.5. The number of ether oxygens (including phenoxy) is 1. The van der Waals surface area contributed by atoms with Gasteiger partial charge in [-0.05, 0) is 170 Å². The first-order chi connectivity index (χ1) is 31.2. The fraction of sp³-hybridized carbons (Fsp3) is 0.648. The Balaban J connectivity index is 0.877. The number of carbonyl (C=O) groups excluding carboxylic acids is 2. The largest absolute Gasteiger partial charge is 0.493 e. The summed E-state index contributed by atoms with van der Waals surface area (Å²) in [5.74, 6) is 0.963. The van der Waals surface area contributed by atoms with Gasteiger partial charge in [0.15, 0.2) is 5.69 Å². The summed E-state index contributed by atoms with van der Waals surface area (Å²) in [6.45, 7) is 18.5. The lowest BCUT2D eigenvalue weighted by Crippen LogP contribution is -2.67. The molecular formula is C54H74N4O8. The van der Waals surface area contributed by atoms with E-state index in [9.17, 15) is 29.4 Å². The number of fused-ring (bicyclic) bond motifs is 7. The zero-order chi connectivity index (χ0) is 47.4. The van der Waals surface area contributed by atoms with Crippen molar-refractivity contribution in [2.24, 2.45) is 62.6 Å². The van der Waals surface area contributed by atoms with Crippen molar-refractivity contribution in [3.8, 4) is 5.75 Å². The minimum absolute atomic E-state index is 0.0175. The van der Waals surface area contributed by atoms with Crippen molar-refractivity contribution in [3.63, 3.8) is 0 Å². The second-order valence-corrected chi connectivity index (χ2v) is 22.7. The fourth-order valence-corrected chi connectivity index (χ4v) is 15.4. The summed E-state index contributed by atoms with van der Waals surface area (Å²) in [6.07, 6.45) is 14.6. The van der Waals surface area contributed by atoms with Crippen molar-refractivity contribution in [1.29, 1.82) is 0 Å². The van der Waals surface area contributed by atoms with Gasteiger partial charge in [0.05, 0.1) is 24.5 Å². The molecule has 0 radical (unpaired) electrons. The third-order valence-corrected chi connectivity index (χ3v) is 19.1. The molecule has 5 aliphatic carbocycles. The summed E-state index contributed by atoms with van der Waals surface area (Å²) in [4.78, 5) is 55.2. The van der Waals surface area contributed by atoms with Gasteiger partial charge in [0.2, 0.25) is 5.91 Å². The Kier molecular flexibility index (Phi) is 13.1. The van der Waals surface area contributed by atoms with E-state index in [4.69, 9.17) is 9.84 Å². The summed E-state index contributed by atoms with van der Waals surface area (Å²) in [7, 11) is 0. The molecule has 3 aromatic rings. The van der Waals surface area contributed by atoms with Gasteiger partial charge in [-0.3, -0.25) is 9.59 Å². The predicted octanol–water partition coefficient (Wildman–Crippen LogP) is 9.44. The molecule has 5 aliphatic rings.